The van der Waals surface area contributed by atoms with Gasteiger partial charge < -0.3 is 14.6 Å². The Kier molecular flexibility index (Phi) is 1.99. The summed E-state index contributed by atoms with van der Waals surface area (Å²) in [6.07, 6.45) is 2.90. The van der Waals surface area contributed by atoms with Gasteiger partial charge in [-0.3, -0.25) is 0 Å². The molecule has 3 heteroatoms. The number of hydrogen-bond acceptors (Lipinski definition) is 2. The molecule has 0 unspecified atom stereocenters. The van der Waals surface area contributed by atoms with Crippen molar-refractivity contribution in [3.8, 4) is 0 Å². The predicted octanol–water partition coefficient (Wildman–Crippen LogP) is 0.496. The lowest BCUT2D eigenvalue weighted by molar-refractivity contribution is -0.116. The number of hydrogen-bond donors (Lipinski definition) is 1. The van der Waals surface area contributed by atoms with E-state index in [0.29, 0.717) is 18.3 Å². The van der Waals surface area contributed by atoms with E-state index in [0.717, 1.165) is 0 Å². The van der Waals surface area contributed by atoms with Crippen LogP contribution in [0.1, 0.15) is 11.6 Å². The highest BCUT2D eigenvalue weighted by Gasteiger charge is 2.07. The fraction of sp³-hybridized carbons (Fsp3) is 0.143. The maximum Gasteiger partial charge on any atom is 0.136 e. The van der Waals surface area contributed by atoms with E-state index in [-0.39, 0.29) is 0 Å². The second-order valence-corrected chi connectivity index (χ2v) is 1.92. The molecule has 1 heterocycles. The van der Waals surface area contributed by atoms with Gasteiger partial charge in [-0.15, -0.1) is 0 Å². The van der Waals surface area contributed by atoms with Crippen LogP contribution in [-0.2, 0) is 9.59 Å². The first-order valence-corrected chi connectivity index (χ1v) is 2.92. The van der Waals surface area contributed by atoms with Gasteiger partial charge in [0.1, 0.15) is 18.5 Å². The van der Waals surface area contributed by atoms with Crippen molar-refractivity contribution in [1.82, 2.24) is 4.98 Å². The minimum Gasteiger partial charge on any atom is -0.364 e. The van der Waals surface area contributed by atoms with Gasteiger partial charge in [-0.2, -0.15) is 0 Å². The fourth-order valence-corrected chi connectivity index (χ4v) is 0.730. The van der Waals surface area contributed by atoms with Gasteiger partial charge in [0.25, 0.3) is 0 Å². The molecule has 3 nitrogen and oxygen atoms in total. The topological polar surface area (TPSA) is 49.9 Å². The summed E-state index contributed by atoms with van der Waals surface area (Å²) in [4.78, 5) is 23.1. The fourth-order valence-electron chi connectivity index (χ4n) is 0.730. The lowest BCUT2D eigenvalue weighted by Gasteiger charge is -1.94. The molecule has 0 radical (unpaired) electrons. The van der Waals surface area contributed by atoms with E-state index in [4.69, 9.17) is 0 Å². The van der Waals surface area contributed by atoms with Crippen LogP contribution in [0.15, 0.2) is 18.3 Å². The first-order chi connectivity index (χ1) is 4.88. The largest absolute Gasteiger partial charge is 0.364 e. The number of H-pyrrole nitrogens is 1. The molecule has 0 saturated heterocycles. The molecule has 1 aromatic heterocycles. The van der Waals surface area contributed by atoms with E-state index in [9.17, 15) is 9.59 Å². The van der Waals surface area contributed by atoms with E-state index in [1.165, 1.54) is 0 Å². The van der Waals surface area contributed by atoms with Gasteiger partial charge in [-0.05, 0) is 12.1 Å². The number of aldehydes is 2. The minimum absolute atomic E-state index is 0.610. The van der Waals surface area contributed by atoms with Gasteiger partial charge in [0.05, 0.1) is 0 Å². The molecule has 10 heavy (non-hydrogen) atoms. The van der Waals surface area contributed by atoms with Crippen LogP contribution < -0.4 is 0 Å². The van der Waals surface area contributed by atoms with Crippen LogP contribution in [0.4, 0.5) is 0 Å². The lowest BCUT2D eigenvalue weighted by atomic mass is 10.1. The minimum atomic E-state index is -0.630. The molecule has 0 saturated carbocycles. The van der Waals surface area contributed by atoms with Crippen LogP contribution in [0.2, 0.25) is 0 Å². The standard InChI is InChI=1S/C7H7NO2/c9-4-6(5-10)7-2-1-3-8-7/h1-6,8H. The van der Waals surface area contributed by atoms with Crippen molar-refractivity contribution < 1.29 is 9.59 Å². The number of rotatable bonds is 3. The van der Waals surface area contributed by atoms with Crippen molar-refractivity contribution >= 4 is 12.6 Å². The molecule has 52 valence electrons. The second kappa shape index (κ2) is 2.96. The monoisotopic (exact) mass is 137 g/mol. The van der Waals surface area contributed by atoms with E-state index in [1.54, 1.807) is 18.3 Å². The second-order valence-electron chi connectivity index (χ2n) is 1.92. The highest BCUT2D eigenvalue weighted by molar-refractivity contribution is 5.84. The van der Waals surface area contributed by atoms with E-state index >= 15 is 0 Å². The molecular formula is C7H7NO2. The summed E-state index contributed by atoms with van der Waals surface area (Å²) in [5.41, 5.74) is 0.644. The van der Waals surface area contributed by atoms with Crippen molar-refractivity contribution in [2.45, 2.75) is 5.92 Å². The zero-order valence-electron chi connectivity index (χ0n) is 5.28. The van der Waals surface area contributed by atoms with Gasteiger partial charge in [0.15, 0.2) is 0 Å². The third kappa shape index (κ3) is 1.13. The first-order valence-electron chi connectivity index (χ1n) is 2.92. The quantitative estimate of drug-likeness (QED) is 0.487. The average Bonchev–Trinajstić information content (AvgIpc) is 2.43. The van der Waals surface area contributed by atoms with E-state index < -0.39 is 5.92 Å². The summed E-state index contributed by atoms with van der Waals surface area (Å²) >= 11 is 0. The molecule has 0 atom stereocenters. The Morgan fingerprint density at radius 2 is 2.10 bits per heavy atom. The molecule has 0 spiro atoms. The first kappa shape index (κ1) is 6.74. The summed E-state index contributed by atoms with van der Waals surface area (Å²) in [5, 5.41) is 0. The van der Waals surface area contributed by atoms with Crippen LogP contribution in [0.3, 0.4) is 0 Å². The van der Waals surface area contributed by atoms with Gasteiger partial charge in [-0.1, -0.05) is 0 Å². The highest BCUT2D eigenvalue weighted by atomic mass is 16.1. The normalized spacial score (nSPS) is 9.70. The Labute approximate surface area is 58.1 Å². The van der Waals surface area contributed by atoms with Gasteiger partial charge in [-0.25, -0.2) is 0 Å². The van der Waals surface area contributed by atoms with Crippen LogP contribution in [0.25, 0.3) is 0 Å². The maximum atomic E-state index is 10.2. The average molecular weight is 137 g/mol. The molecule has 0 bridgehead atoms. The number of carbonyl (C=O) groups excluding carboxylic acids is 2. The van der Waals surface area contributed by atoms with E-state index in [2.05, 4.69) is 4.98 Å². The maximum absolute atomic E-state index is 10.2. The molecule has 0 amide bonds. The van der Waals surface area contributed by atoms with Crippen molar-refractivity contribution in [2.75, 3.05) is 0 Å². The molecule has 0 aliphatic rings. The zero-order valence-corrected chi connectivity index (χ0v) is 5.28. The smallest absolute Gasteiger partial charge is 0.136 e. The molecule has 0 aliphatic heterocycles. The lowest BCUT2D eigenvalue weighted by Crippen LogP contribution is -2.00. The van der Waals surface area contributed by atoms with E-state index in [1.807, 2.05) is 0 Å². The Hall–Kier alpha value is -1.38. The molecule has 1 N–H and O–H groups in total. The predicted molar refractivity (Wildman–Crippen MR) is 35.7 cm³/mol. The summed E-state index contributed by atoms with van der Waals surface area (Å²) in [7, 11) is 0. The van der Waals surface area contributed by atoms with Gasteiger partial charge in [0, 0.05) is 11.9 Å². The van der Waals surface area contributed by atoms with Crippen LogP contribution in [0.5, 0.6) is 0 Å². The van der Waals surface area contributed by atoms with Crippen molar-refractivity contribution in [3.05, 3.63) is 24.0 Å². The van der Waals surface area contributed by atoms with Gasteiger partial charge in [0.2, 0.25) is 0 Å². The molecular weight excluding hydrogens is 130 g/mol. The Balaban J connectivity index is 2.82. The van der Waals surface area contributed by atoms with Crippen molar-refractivity contribution in [2.24, 2.45) is 0 Å². The number of carbonyl (C=O) groups is 2. The van der Waals surface area contributed by atoms with Crippen LogP contribution >= 0.6 is 0 Å². The third-order valence-corrected chi connectivity index (χ3v) is 1.27. The summed E-state index contributed by atoms with van der Waals surface area (Å²) in [5.74, 6) is -0.630. The van der Waals surface area contributed by atoms with Gasteiger partial charge >= 0.3 is 0 Å². The Bertz CT molecular complexity index is 208. The molecule has 1 aromatic rings. The molecule has 0 fully saturated rings. The number of nitrogens with one attached hydrogen (secondary N) is 1. The zero-order chi connectivity index (χ0) is 7.40. The van der Waals surface area contributed by atoms with Crippen molar-refractivity contribution in [3.63, 3.8) is 0 Å². The molecule has 1 rings (SSSR count). The third-order valence-electron chi connectivity index (χ3n) is 1.27. The molecule has 0 aliphatic carbocycles. The molecule has 0 aromatic carbocycles. The summed E-state index contributed by atoms with van der Waals surface area (Å²) < 4.78 is 0. The summed E-state index contributed by atoms with van der Waals surface area (Å²) in [6.45, 7) is 0. The Morgan fingerprint density at radius 1 is 1.40 bits per heavy atom. The van der Waals surface area contributed by atoms with Crippen molar-refractivity contribution in [1.29, 1.82) is 0 Å². The summed E-state index contributed by atoms with van der Waals surface area (Å²) in [6, 6.07) is 3.45. The van der Waals surface area contributed by atoms with Crippen LogP contribution in [0, 0.1) is 0 Å². The number of aromatic amines is 1. The SMILES string of the molecule is O=CC(C=O)c1ccc[nH]1. The Morgan fingerprint density at radius 3 is 2.50 bits per heavy atom. The number of aromatic nitrogens is 1. The van der Waals surface area contributed by atoms with Crippen LogP contribution in [-0.4, -0.2) is 17.6 Å². The highest BCUT2D eigenvalue weighted by Crippen LogP contribution is 2.06.